The van der Waals surface area contributed by atoms with Crippen LogP contribution in [-0.4, -0.2) is 40.7 Å². The molecule has 0 aliphatic carbocycles. The van der Waals surface area contributed by atoms with Gasteiger partial charge in [-0.3, -0.25) is 4.90 Å². The van der Waals surface area contributed by atoms with E-state index < -0.39 is 0 Å². The highest BCUT2D eigenvalue weighted by atomic mass is 35.5. The minimum absolute atomic E-state index is 0.495. The number of rotatable bonds is 3. The molecule has 0 amide bonds. The predicted octanol–water partition coefficient (Wildman–Crippen LogP) is 2.18. The average molecular weight is 293 g/mol. The van der Waals surface area contributed by atoms with Crippen molar-refractivity contribution in [3.63, 3.8) is 0 Å². The second kappa shape index (κ2) is 5.91. The normalized spacial score (nSPS) is 20.2. The van der Waals surface area contributed by atoms with Gasteiger partial charge in [0.05, 0.1) is 11.6 Å². The van der Waals surface area contributed by atoms with Crippen molar-refractivity contribution in [2.75, 3.05) is 19.6 Å². The number of nitrogens with zero attached hydrogens (tertiary/aromatic N) is 3. The van der Waals surface area contributed by atoms with Crippen LogP contribution in [0.3, 0.4) is 0 Å². The van der Waals surface area contributed by atoms with Gasteiger partial charge in [0.2, 0.25) is 11.7 Å². The molecule has 2 aromatic rings. The number of benzene rings is 1. The van der Waals surface area contributed by atoms with E-state index in [1.807, 2.05) is 24.3 Å². The van der Waals surface area contributed by atoms with Gasteiger partial charge in [-0.25, -0.2) is 0 Å². The summed E-state index contributed by atoms with van der Waals surface area (Å²) in [5.41, 5.74) is 0.804. The highest BCUT2D eigenvalue weighted by molar-refractivity contribution is 6.33. The van der Waals surface area contributed by atoms with Crippen LogP contribution >= 0.6 is 11.6 Å². The van der Waals surface area contributed by atoms with Crippen LogP contribution in [0.2, 0.25) is 5.02 Å². The van der Waals surface area contributed by atoms with Crippen LogP contribution in [0.25, 0.3) is 11.4 Å². The van der Waals surface area contributed by atoms with Crippen molar-refractivity contribution in [2.24, 2.45) is 0 Å². The van der Waals surface area contributed by atoms with E-state index in [-0.39, 0.29) is 0 Å². The first-order valence-electron chi connectivity index (χ1n) is 6.75. The molecule has 6 heteroatoms. The summed E-state index contributed by atoms with van der Waals surface area (Å²) >= 11 is 6.14. The smallest absolute Gasteiger partial charge is 0.241 e. The van der Waals surface area contributed by atoms with Gasteiger partial charge < -0.3 is 9.84 Å². The zero-order chi connectivity index (χ0) is 13.9. The summed E-state index contributed by atoms with van der Waals surface area (Å²) in [6, 6.07) is 8.01. The fraction of sp³-hybridized carbons (Fsp3) is 0.429. The fourth-order valence-electron chi connectivity index (χ4n) is 2.42. The van der Waals surface area contributed by atoms with Crippen molar-refractivity contribution in [3.05, 3.63) is 35.2 Å². The summed E-state index contributed by atoms with van der Waals surface area (Å²) in [4.78, 5) is 6.75. The Hall–Kier alpha value is -1.43. The topological polar surface area (TPSA) is 54.2 Å². The molecule has 1 saturated heterocycles. The molecule has 3 rings (SSSR count). The molecular weight excluding hydrogens is 276 g/mol. The molecular formula is C14H17ClN4O. The van der Waals surface area contributed by atoms with Crippen molar-refractivity contribution in [1.29, 1.82) is 0 Å². The van der Waals surface area contributed by atoms with Gasteiger partial charge in [0.25, 0.3) is 0 Å². The molecule has 1 N–H and O–H groups in total. The molecule has 0 bridgehead atoms. The summed E-state index contributed by atoms with van der Waals surface area (Å²) in [6.45, 7) is 5.84. The first-order chi connectivity index (χ1) is 9.72. The maximum Gasteiger partial charge on any atom is 0.241 e. The maximum absolute atomic E-state index is 6.14. The molecule has 1 aromatic heterocycles. The Morgan fingerprint density at radius 2 is 2.30 bits per heavy atom. The summed E-state index contributed by atoms with van der Waals surface area (Å²) < 4.78 is 5.33. The van der Waals surface area contributed by atoms with Gasteiger partial charge >= 0.3 is 0 Å². The van der Waals surface area contributed by atoms with Crippen LogP contribution in [0.4, 0.5) is 0 Å². The lowest BCUT2D eigenvalue weighted by molar-refractivity contribution is 0.177. The standard InChI is InChI=1S/C14H17ClN4O/c1-10-8-19(7-6-16-10)9-13-17-14(18-20-13)11-4-2-3-5-12(11)15/h2-5,10,16H,6-9H2,1H3/t10-/m1/s1. The summed E-state index contributed by atoms with van der Waals surface area (Å²) in [5.74, 6) is 1.18. The minimum atomic E-state index is 0.495. The van der Waals surface area contributed by atoms with E-state index in [2.05, 4.69) is 27.3 Å². The zero-order valence-electron chi connectivity index (χ0n) is 11.3. The Labute approximate surface area is 122 Å². The van der Waals surface area contributed by atoms with Gasteiger partial charge in [-0.1, -0.05) is 28.9 Å². The fourth-order valence-corrected chi connectivity index (χ4v) is 2.64. The highest BCUT2D eigenvalue weighted by Gasteiger charge is 2.19. The molecule has 1 atom stereocenters. The van der Waals surface area contributed by atoms with E-state index in [0.29, 0.717) is 29.3 Å². The molecule has 0 unspecified atom stereocenters. The SMILES string of the molecule is C[C@@H]1CN(Cc2nc(-c3ccccc3Cl)no2)CCN1. The summed E-state index contributed by atoms with van der Waals surface area (Å²) in [7, 11) is 0. The lowest BCUT2D eigenvalue weighted by atomic mass is 10.2. The molecule has 1 aliphatic rings. The number of halogens is 1. The van der Waals surface area contributed by atoms with E-state index in [1.165, 1.54) is 0 Å². The van der Waals surface area contributed by atoms with Crippen molar-refractivity contribution >= 4 is 11.6 Å². The third-order valence-corrected chi connectivity index (χ3v) is 3.72. The van der Waals surface area contributed by atoms with Gasteiger partial charge in [-0.15, -0.1) is 0 Å². The number of aromatic nitrogens is 2. The first-order valence-corrected chi connectivity index (χ1v) is 7.13. The Balaban J connectivity index is 1.72. The lowest BCUT2D eigenvalue weighted by Crippen LogP contribution is -2.48. The van der Waals surface area contributed by atoms with Crippen LogP contribution in [0, 0.1) is 0 Å². The molecule has 0 radical (unpaired) electrons. The molecule has 1 aromatic carbocycles. The van der Waals surface area contributed by atoms with E-state index in [1.54, 1.807) is 0 Å². The van der Waals surface area contributed by atoms with Crippen LogP contribution in [0.1, 0.15) is 12.8 Å². The van der Waals surface area contributed by atoms with Gasteiger partial charge in [-0.05, 0) is 19.1 Å². The highest BCUT2D eigenvalue weighted by Crippen LogP contribution is 2.25. The van der Waals surface area contributed by atoms with Crippen molar-refractivity contribution < 1.29 is 4.52 Å². The molecule has 5 nitrogen and oxygen atoms in total. The zero-order valence-corrected chi connectivity index (χ0v) is 12.1. The largest absolute Gasteiger partial charge is 0.338 e. The van der Waals surface area contributed by atoms with Crippen molar-refractivity contribution in [2.45, 2.75) is 19.5 Å². The second-order valence-electron chi connectivity index (χ2n) is 5.08. The summed E-state index contributed by atoms with van der Waals surface area (Å²) in [6.07, 6.45) is 0. The van der Waals surface area contributed by atoms with Crippen molar-refractivity contribution in [3.8, 4) is 11.4 Å². The van der Waals surface area contributed by atoms with E-state index in [9.17, 15) is 0 Å². The number of nitrogens with one attached hydrogen (secondary N) is 1. The van der Waals surface area contributed by atoms with E-state index in [0.717, 1.165) is 25.2 Å². The molecule has 1 aliphatic heterocycles. The Bertz CT molecular complexity index is 586. The van der Waals surface area contributed by atoms with Gasteiger partial charge in [0.15, 0.2) is 0 Å². The van der Waals surface area contributed by atoms with Gasteiger partial charge in [0.1, 0.15) is 0 Å². The average Bonchev–Trinajstić information content (AvgIpc) is 2.87. The number of hydrogen-bond donors (Lipinski definition) is 1. The predicted molar refractivity (Wildman–Crippen MR) is 77.5 cm³/mol. The second-order valence-corrected chi connectivity index (χ2v) is 5.49. The van der Waals surface area contributed by atoms with E-state index >= 15 is 0 Å². The van der Waals surface area contributed by atoms with E-state index in [4.69, 9.17) is 16.1 Å². The molecule has 0 saturated carbocycles. The third-order valence-electron chi connectivity index (χ3n) is 3.39. The van der Waals surface area contributed by atoms with Crippen LogP contribution in [0.5, 0.6) is 0 Å². The molecule has 20 heavy (non-hydrogen) atoms. The Morgan fingerprint density at radius 3 is 3.10 bits per heavy atom. The van der Waals surface area contributed by atoms with Crippen molar-refractivity contribution in [1.82, 2.24) is 20.4 Å². The first kappa shape index (κ1) is 13.5. The Morgan fingerprint density at radius 1 is 1.45 bits per heavy atom. The monoisotopic (exact) mass is 292 g/mol. The Kier molecular flexibility index (Phi) is 4.00. The van der Waals surface area contributed by atoms with Crippen LogP contribution in [-0.2, 0) is 6.54 Å². The maximum atomic E-state index is 6.14. The van der Waals surface area contributed by atoms with Crippen LogP contribution < -0.4 is 5.32 Å². The minimum Gasteiger partial charge on any atom is -0.338 e. The quantitative estimate of drug-likeness (QED) is 0.940. The molecule has 2 heterocycles. The molecule has 0 spiro atoms. The number of hydrogen-bond acceptors (Lipinski definition) is 5. The third kappa shape index (κ3) is 3.00. The lowest BCUT2D eigenvalue weighted by Gasteiger charge is -2.30. The van der Waals surface area contributed by atoms with Gasteiger partial charge in [-0.2, -0.15) is 4.98 Å². The number of piperazine rings is 1. The van der Waals surface area contributed by atoms with Gasteiger partial charge in [0, 0.05) is 31.2 Å². The molecule has 1 fully saturated rings. The van der Waals surface area contributed by atoms with Crippen LogP contribution in [0.15, 0.2) is 28.8 Å². The summed E-state index contributed by atoms with van der Waals surface area (Å²) in [5, 5.41) is 8.06. The molecule has 106 valence electrons.